The molecule has 0 heterocycles. The van der Waals surface area contributed by atoms with E-state index in [1.807, 2.05) is 0 Å². The van der Waals surface area contributed by atoms with Crippen molar-refractivity contribution in [1.82, 2.24) is 0 Å². The Hall–Kier alpha value is -1.36. The highest BCUT2D eigenvalue weighted by Crippen LogP contribution is 2.32. The lowest BCUT2D eigenvalue weighted by molar-refractivity contribution is -0.384. The van der Waals surface area contributed by atoms with Crippen molar-refractivity contribution in [3.05, 3.63) is 32.8 Å². The first-order chi connectivity index (χ1) is 7.27. The molecule has 0 aliphatic heterocycles. The summed E-state index contributed by atoms with van der Waals surface area (Å²) in [6.45, 7) is 0. The van der Waals surface area contributed by atoms with Crippen LogP contribution in [0.25, 0.3) is 0 Å². The minimum absolute atomic E-state index is 0.458. The van der Waals surface area contributed by atoms with Crippen molar-refractivity contribution in [1.29, 1.82) is 5.26 Å². The van der Waals surface area contributed by atoms with Crippen LogP contribution < -0.4 is 0 Å². The van der Waals surface area contributed by atoms with E-state index in [4.69, 9.17) is 27.5 Å². The molecule has 0 radical (unpaired) electrons. The average molecular weight is 281 g/mol. The molecule has 1 aromatic carbocycles. The summed E-state index contributed by atoms with van der Waals surface area (Å²) in [5.41, 5.74) is -0.945. The molecule has 0 atom stereocenters. The van der Waals surface area contributed by atoms with Crippen molar-refractivity contribution in [3.63, 3.8) is 0 Å². The predicted molar refractivity (Wildman–Crippen MR) is 55.9 cm³/mol. The molecule has 0 saturated carbocycles. The Balaban J connectivity index is 3.68. The SMILES string of the molecule is N#Cc1cc([N+](=O)[O-])cc(Cl)c1S(=O)(=O)Cl. The lowest BCUT2D eigenvalue weighted by Gasteiger charge is -2.02. The highest BCUT2D eigenvalue weighted by atomic mass is 35.7. The molecule has 16 heavy (non-hydrogen) atoms. The van der Waals surface area contributed by atoms with Crippen LogP contribution >= 0.6 is 22.3 Å². The van der Waals surface area contributed by atoms with Crippen LogP contribution in [0.1, 0.15) is 5.56 Å². The van der Waals surface area contributed by atoms with Crippen molar-refractivity contribution in [2.24, 2.45) is 0 Å². The van der Waals surface area contributed by atoms with Gasteiger partial charge in [0, 0.05) is 22.8 Å². The maximum atomic E-state index is 11.1. The van der Waals surface area contributed by atoms with E-state index in [9.17, 15) is 18.5 Å². The maximum Gasteiger partial charge on any atom is 0.272 e. The Morgan fingerprint density at radius 2 is 2.00 bits per heavy atom. The first-order valence-corrected chi connectivity index (χ1v) is 6.29. The summed E-state index contributed by atoms with van der Waals surface area (Å²) >= 11 is 5.52. The predicted octanol–water partition coefficient (Wildman–Crippen LogP) is 2.05. The van der Waals surface area contributed by atoms with Crippen molar-refractivity contribution in [2.75, 3.05) is 0 Å². The van der Waals surface area contributed by atoms with Crippen LogP contribution in [0.4, 0.5) is 5.69 Å². The summed E-state index contributed by atoms with van der Waals surface area (Å²) in [7, 11) is 0.823. The van der Waals surface area contributed by atoms with E-state index >= 15 is 0 Å². The van der Waals surface area contributed by atoms with Gasteiger partial charge in [-0.25, -0.2) is 8.42 Å². The molecule has 0 unspecified atom stereocenters. The molecule has 0 spiro atoms. The van der Waals surface area contributed by atoms with Crippen molar-refractivity contribution >= 4 is 37.0 Å². The van der Waals surface area contributed by atoms with Gasteiger partial charge in [-0.15, -0.1) is 0 Å². The van der Waals surface area contributed by atoms with Crippen LogP contribution in [0.2, 0.25) is 5.02 Å². The minimum Gasteiger partial charge on any atom is -0.258 e. The molecule has 0 aliphatic carbocycles. The Labute approximate surface area is 99.6 Å². The molecular weight excluding hydrogens is 279 g/mol. The second-order valence-corrected chi connectivity index (χ2v) is 5.52. The van der Waals surface area contributed by atoms with Gasteiger partial charge in [-0.3, -0.25) is 10.1 Å². The van der Waals surface area contributed by atoms with E-state index in [0.29, 0.717) is 0 Å². The molecule has 0 aromatic heterocycles. The third-order valence-corrected chi connectivity index (χ3v) is 3.40. The molecule has 0 amide bonds. The highest BCUT2D eigenvalue weighted by molar-refractivity contribution is 8.13. The largest absolute Gasteiger partial charge is 0.272 e. The molecule has 6 nitrogen and oxygen atoms in total. The summed E-state index contributed by atoms with van der Waals surface area (Å²) < 4.78 is 22.1. The minimum atomic E-state index is -4.22. The summed E-state index contributed by atoms with van der Waals surface area (Å²) in [5, 5.41) is 18.6. The third kappa shape index (κ3) is 2.41. The van der Waals surface area contributed by atoms with Gasteiger partial charge in [-0.2, -0.15) is 5.26 Å². The van der Waals surface area contributed by atoms with E-state index in [-0.39, 0.29) is 0 Å². The molecular formula is C7H2Cl2N2O4S. The Bertz CT molecular complexity index is 606. The second-order valence-electron chi connectivity index (χ2n) is 2.61. The first-order valence-electron chi connectivity index (χ1n) is 3.60. The van der Waals surface area contributed by atoms with Crippen molar-refractivity contribution in [3.8, 4) is 6.07 Å². The molecule has 0 aliphatic rings. The van der Waals surface area contributed by atoms with Crippen LogP contribution in [-0.4, -0.2) is 13.3 Å². The standard InChI is InChI=1S/C7H2Cl2N2O4S/c8-6-2-5(11(12)13)1-4(3-10)7(6)16(9,14)15/h1-2H. The number of hydrogen-bond acceptors (Lipinski definition) is 5. The second kappa shape index (κ2) is 4.25. The first kappa shape index (κ1) is 12.7. The average Bonchev–Trinajstić information content (AvgIpc) is 2.14. The fourth-order valence-electron chi connectivity index (χ4n) is 1.02. The lowest BCUT2D eigenvalue weighted by Crippen LogP contribution is -1.99. The normalized spacial score (nSPS) is 10.8. The van der Waals surface area contributed by atoms with Crippen LogP contribution in [0.3, 0.4) is 0 Å². The quantitative estimate of drug-likeness (QED) is 0.469. The number of nitro groups is 1. The Morgan fingerprint density at radius 3 is 2.38 bits per heavy atom. The number of hydrogen-bond donors (Lipinski definition) is 0. The smallest absolute Gasteiger partial charge is 0.258 e. The van der Waals surface area contributed by atoms with E-state index < -0.39 is 35.1 Å². The van der Waals surface area contributed by atoms with E-state index in [1.165, 1.54) is 6.07 Å². The van der Waals surface area contributed by atoms with Crippen LogP contribution in [0, 0.1) is 21.4 Å². The fraction of sp³-hybridized carbons (Fsp3) is 0. The lowest BCUT2D eigenvalue weighted by atomic mass is 10.2. The van der Waals surface area contributed by atoms with Gasteiger partial charge >= 0.3 is 0 Å². The van der Waals surface area contributed by atoms with Gasteiger partial charge in [0.1, 0.15) is 11.0 Å². The van der Waals surface area contributed by atoms with E-state index in [2.05, 4.69) is 0 Å². The van der Waals surface area contributed by atoms with Gasteiger partial charge in [0.2, 0.25) is 0 Å². The summed E-state index contributed by atoms with van der Waals surface area (Å²) in [6.07, 6.45) is 0. The molecule has 9 heteroatoms. The Kier molecular flexibility index (Phi) is 3.38. The van der Waals surface area contributed by atoms with Gasteiger partial charge in [0.05, 0.1) is 15.5 Å². The molecule has 0 N–H and O–H groups in total. The van der Waals surface area contributed by atoms with Crippen molar-refractivity contribution in [2.45, 2.75) is 4.90 Å². The highest BCUT2D eigenvalue weighted by Gasteiger charge is 2.23. The number of nitro benzene ring substituents is 1. The van der Waals surface area contributed by atoms with Crippen LogP contribution in [0.15, 0.2) is 17.0 Å². The molecule has 1 rings (SSSR count). The zero-order valence-corrected chi connectivity index (χ0v) is 9.67. The number of non-ortho nitro benzene ring substituents is 1. The summed E-state index contributed by atoms with van der Waals surface area (Å²) in [5.74, 6) is 0. The molecule has 0 saturated heterocycles. The third-order valence-electron chi connectivity index (χ3n) is 1.60. The molecule has 0 bridgehead atoms. The topological polar surface area (TPSA) is 101 Å². The zero-order valence-electron chi connectivity index (χ0n) is 7.35. The number of halogens is 2. The Morgan fingerprint density at radius 1 is 1.44 bits per heavy atom. The van der Waals surface area contributed by atoms with Crippen LogP contribution in [-0.2, 0) is 9.05 Å². The zero-order chi connectivity index (χ0) is 12.5. The van der Waals surface area contributed by atoms with Gasteiger partial charge in [-0.05, 0) is 0 Å². The summed E-state index contributed by atoms with van der Waals surface area (Å²) in [4.78, 5) is 9.02. The molecule has 1 aromatic rings. The number of nitrogens with zero attached hydrogens (tertiary/aromatic N) is 2. The number of rotatable bonds is 2. The number of benzene rings is 1. The van der Waals surface area contributed by atoms with Crippen molar-refractivity contribution < 1.29 is 13.3 Å². The van der Waals surface area contributed by atoms with Gasteiger partial charge < -0.3 is 0 Å². The van der Waals surface area contributed by atoms with Gasteiger partial charge in [0.15, 0.2) is 0 Å². The monoisotopic (exact) mass is 280 g/mol. The molecule has 0 fully saturated rings. The fourth-order valence-corrected chi connectivity index (χ4v) is 2.81. The van der Waals surface area contributed by atoms with Gasteiger partial charge in [-0.1, -0.05) is 11.6 Å². The summed E-state index contributed by atoms with van der Waals surface area (Å²) in [6, 6.07) is 3.10. The van der Waals surface area contributed by atoms with Gasteiger partial charge in [0.25, 0.3) is 14.7 Å². The van der Waals surface area contributed by atoms with Crippen LogP contribution in [0.5, 0.6) is 0 Å². The molecule has 84 valence electrons. The van der Waals surface area contributed by atoms with E-state index in [1.54, 1.807) is 0 Å². The number of nitriles is 1. The maximum absolute atomic E-state index is 11.1. The van der Waals surface area contributed by atoms with E-state index in [0.717, 1.165) is 12.1 Å².